The normalized spacial score (nSPS) is 12.2. The second-order valence-electron chi connectivity index (χ2n) is 7.56. The summed E-state index contributed by atoms with van der Waals surface area (Å²) < 4.78 is 40.5. The van der Waals surface area contributed by atoms with Gasteiger partial charge in [0, 0.05) is 29.9 Å². The molecule has 0 aliphatic heterocycles. The Labute approximate surface area is 169 Å². The molecule has 1 aromatic carbocycles. The highest BCUT2D eigenvalue weighted by atomic mass is 19.4. The zero-order valence-electron chi connectivity index (χ0n) is 16.4. The fraction of sp³-hybridized carbons (Fsp3) is 0.286. The topological polar surface area (TPSA) is 75.6 Å². The van der Waals surface area contributed by atoms with Gasteiger partial charge in [-0.2, -0.15) is 18.3 Å². The summed E-state index contributed by atoms with van der Waals surface area (Å²) in [6, 6.07) is 8.69. The fourth-order valence-electron chi connectivity index (χ4n) is 3.45. The van der Waals surface area contributed by atoms with Crippen molar-refractivity contribution in [2.24, 2.45) is 5.92 Å². The van der Waals surface area contributed by atoms with E-state index in [0.29, 0.717) is 34.7 Å². The maximum Gasteiger partial charge on any atom is 0.406 e. The molecular formula is C21H20F3N5O. The molecule has 0 bridgehead atoms. The smallest absolute Gasteiger partial charge is 0.369 e. The van der Waals surface area contributed by atoms with Crippen LogP contribution in [-0.2, 0) is 6.54 Å². The first kappa shape index (κ1) is 19.9. The maximum absolute atomic E-state index is 13.2. The van der Waals surface area contributed by atoms with Gasteiger partial charge in [0.1, 0.15) is 17.9 Å². The van der Waals surface area contributed by atoms with Crippen molar-refractivity contribution in [1.82, 2.24) is 19.7 Å². The van der Waals surface area contributed by atoms with E-state index < -0.39 is 18.3 Å². The lowest BCUT2D eigenvalue weighted by Crippen LogP contribution is -2.28. The number of nitrogens with one attached hydrogen (secondary N) is 2. The number of anilines is 1. The average Bonchev–Trinajstić information content (AvgIpc) is 3.19. The van der Waals surface area contributed by atoms with E-state index in [0.717, 1.165) is 10.1 Å². The molecule has 0 saturated carbocycles. The van der Waals surface area contributed by atoms with Gasteiger partial charge >= 0.3 is 6.18 Å². The molecule has 3 aromatic heterocycles. The third-order valence-corrected chi connectivity index (χ3v) is 4.79. The molecule has 0 atom stereocenters. The third kappa shape index (κ3) is 3.74. The van der Waals surface area contributed by atoms with E-state index in [9.17, 15) is 18.0 Å². The maximum atomic E-state index is 13.2. The molecule has 6 nitrogen and oxygen atoms in total. The standard InChI is InChI=1S/C21H20F3N5O/c1-12(2)9-26-19-14(4-3-7-25-19)13-5-6-15-17(8-13)29(11-21(22,23)24)20(30)16-10-27-28-18(15)16/h3-8,10,12H,9,11H2,1-2H3,(H,25,26)(H,27,28). The van der Waals surface area contributed by atoms with Crippen LogP contribution in [0, 0.1) is 5.92 Å². The number of aromatic amines is 1. The van der Waals surface area contributed by atoms with Crippen LogP contribution >= 0.6 is 0 Å². The number of H-pyrrole nitrogens is 1. The molecule has 4 rings (SSSR count). The molecule has 0 aliphatic rings. The molecule has 156 valence electrons. The van der Waals surface area contributed by atoms with Crippen LogP contribution in [0.5, 0.6) is 0 Å². The van der Waals surface area contributed by atoms with E-state index in [-0.39, 0.29) is 10.9 Å². The van der Waals surface area contributed by atoms with E-state index in [1.54, 1.807) is 30.5 Å². The first-order valence-electron chi connectivity index (χ1n) is 9.50. The quantitative estimate of drug-likeness (QED) is 0.501. The fourth-order valence-corrected chi connectivity index (χ4v) is 3.45. The minimum Gasteiger partial charge on any atom is -0.369 e. The van der Waals surface area contributed by atoms with Gasteiger partial charge in [-0.25, -0.2) is 4.98 Å². The molecule has 0 unspecified atom stereocenters. The number of benzene rings is 1. The second-order valence-corrected chi connectivity index (χ2v) is 7.56. The summed E-state index contributed by atoms with van der Waals surface area (Å²) in [5.41, 5.74) is 1.20. The Hall–Kier alpha value is -3.36. The van der Waals surface area contributed by atoms with Crippen molar-refractivity contribution in [3.8, 4) is 11.1 Å². The summed E-state index contributed by atoms with van der Waals surface area (Å²) in [7, 11) is 0. The Morgan fingerprint density at radius 1 is 1.20 bits per heavy atom. The van der Waals surface area contributed by atoms with Crippen molar-refractivity contribution < 1.29 is 13.2 Å². The molecule has 0 fully saturated rings. The van der Waals surface area contributed by atoms with Crippen molar-refractivity contribution in [2.75, 3.05) is 11.9 Å². The molecule has 0 radical (unpaired) electrons. The molecule has 0 saturated heterocycles. The molecule has 0 aliphatic carbocycles. The summed E-state index contributed by atoms with van der Waals surface area (Å²) >= 11 is 0. The largest absolute Gasteiger partial charge is 0.406 e. The van der Waals surface area contributed by atoms with Gasteiger partial charge in [-0.05, 0) is 35.7 Å². The van der Waals surface area contributed by atoms with Crippen molar-refractivity contribution >= 4 is 27.6 Å². The number of hydrogen-bond acceptors (Lipinski definition) is 4. The van der Waals surface area contributed by atoms with Gasteiger partial charge in [0.25, 0.3) is 5.56 Å². The van der Waals surface area contributed by atoms with Crippen LogP contribution in [-0.4, -0.2) is 32.5 Å². The highest BCUT2D eigenvalue weighted by Crippen LogP contribution is 2.31. The number of halogens is 3. The average molecular weight is 415 g/mol. The third-order valence-electron chi connectivity index (χ3n) is 4.79. The van der Waals surface area contributed by atoms with E-state index >= 15 is 0 Å². The first-order valence-corrected chi connectivity index (χ1v) is 9.50. The van der Waals surface area contributed by atoms with Crippen LogP contribution in [0.25, 0.3) is 32.9 Å². The molecule has 3 heterocycles. The van der Waals surface area contributed by atoms with E-state index in [1.165, 1.54) is 6.20 Å². The number of rotatable bonds is 5. The van der Waals surface area contributed by atoms with Gasteiger partial charge in [-0.1, -0.05) is 19.9 Å². The summed E-state index contributed by atoms with van der Waals surface area (Å²) in [4.78, 5) is 17.1. The SMILES string of the molecule is CC(C)CNc1ncccc1-c1ccc2c3n[nH]cc3c(=O)n(CC(F)(F)F)c2c1. The van der Waals surface area contributed by atoms with Crippen molar-refractivity contribution in [2.45, 2.75) is 26.6 Å². The lowest BCUT2D eigenvalue weighted by Gasteiger charge is -2.16. The van der Waals surface area contributed by atoms with Crippen LogP contribution in [0.1, 0.15) is 13.8 Å². The van der Waals surface area contributed by atoms with E-state index in [1.807, 2.05) is 6.07 Å². The first-order chi connectivity index (χ1) is 14.2. The van der Waals surface area contributed by atoms with Gasteiger partial charge in [0.15, 0.2) is 0 Å². The minimum atomic E-state index is -4.54. The Balaban J connectivity index is 1.94. The zero-order chi connectivity index (χ0) is 21.5. The van der Waals surface area contributed by atoms with Gasteiger partial charge in [0.2, 0.25) is 0 Å². The van der Waals surface area contributed by atoms with Crippen LogP contribution in [0.2, 0.25) is 0 Å². The number of pyridine rings is 2. The van der Waals surface area contributed by atoms with Crippen molar-refractivity contribution in [3.63, 3.8) is 0 Å². The lowest BCUT2D eigenvalue weighted by molar-refractivity contribution is -0.140. The zero-order valence-corrected chi connectivity index (χ0v) is 16.4. The van der Waals surface area contributed by atoms with E-state index in [4.69, 9.17) is 0 Å². The Kier molecular flexibility index (Phi) is 4.97. The minimum absolute atomic E-state index is 0.125. The number of fused-ring (bicyclic) bond motifs is 3. The summed E-state index contributed by atoms with van der Waals surface area (Å²) in [5, 5.41) is 10.5. The van der Waals surface area contributed by atoms with Gasteiger partial charge in [-0.3, -0.25) is 14.5 Å². The van der Waals surface area contributed by atoms with Crippen LogP contribution in [0.4, 0.5) is 19.0 Å². The lowest BCUT2D eigenvalue weighted by atomic mass is 10.0. The van der Waals surface area contributed by atoms with Crippen LogP contribution in [0.3, 0.4) is 0 Å². The molecule has 30 heavy (non-hydrogen) atoms. The number of nitrogens with zero attached hydrogens (tertiary/aromatic N) is 3. The van der Waals surface area contributed by atoms with Crippen LogP contribution < -0.4 is 10.9 Å². The van der Waals surface area contributed by atoms with Crippen LogP contribution in [0.15, 0.2) is 47.5 Å². The predicted molar refractivity (Wildman–Crippen MR) is 110 cm³/mol. The molecule has 9 heteroatoms. The summed E-state index contributed by atoms with van der Waals surface area (Å²) in [5.74, 6) is 1.03. The molecule has 0 amide bonds. The Bertz CT molecular complexity index is 1270. The van der Waals surface area contributed by atoms with Crippen molar-refractivity contribution in [1.29, 1.82) is 0 Å². The molecule has 2 N–H and O–H groups in total. The van der Waals surface area contributed by atoms with Crippen molar-refractivity contribution in [3.05, 3.63) is 53.1 Å². The molecule has 4 aromatic rings. The molecular weight excluding hydrogens is 395 g/mol. The monoisotopic (exact) mass is 415 g/mol. The van der Waals surface area contributed by atoms with Gasteiger partial charge in [0.05, 0.1) is 10.9 Å². The van der Waals surface area contributed by atoms with Gasteiger partial charge in [-0.15, -0.1) is 0 Å². The summed E-state index contributed by atoms with van der Waals surface area (Å²) in [6.45, 7) is 3.45. The molecule has 0 spiro atoms. The number of aromatic nitrogens is 4. The highest BCUT2D eigenvalue weighted by Gasteiger charge is 2.30. The predicted octanol–water partition coefficient (Wildman–Crippen LogP) is 4.57. The second kappa shape index (κ2) is 7.47. The Morgan fingerprint density at radius 2 is 2.00 bits per heavy atom. The summed E-state index contributed by atoms with van der Waals surface area (Å²) in [6.07, 6.45) is -1.56. The highest BCUT2D eigenvalue weighted by molar-refractivity contribution is 6.04. The number of alkyl halides is 3. The van der Waals surface area contributed by atoms with E-state index in [2.05, 4.69) is 34.3 Å². The van der Waals surface area contributed by atoms with Gasteiger partial charge < -0.3 is 5.32 Å². The number of hydrogen-bond donors (Lipinski definition) is 2. The Morgan fingerprint density at radius 3 is 2.73 bits per heavy atom.